The van der Waals surface area contributed by atoms with Crippen LogP contribution in [0.1, 0.15) is 36.2 Å². The predicted molar refractivity (Wildman–Crippen MR) is 75.8 cm³/mol. The van der Waals surface area contributed by atoms with E-state index < -0.39 is 0 Å². The molecular formula is C14H20ClNO3. The molecule has 0 aromatic heterocycles. The molecule has 0 aliphatic rings. The average Bonchev–Trinajstić information content (AvgIpc) is 2.37. The smallest absolute Gasteiger partial charge is 0.163 e. The van der Waals surface area contributed by atoms with Crippen LogP contribution in [0, 0.1) is 0 Å². The highest BCUT2D eigenvalue weighted by atomic mass is 35.5. The van der Waals surface area contributed by atoms with Crippen molar-refractivity contribution in [2.24, 2.45) is 0 Å². The Kier molecular flexibility index (Phi) is 6.28. The minimum absolute atomic E-state index is 0.000603. The molecule has 0 bridgehead atoms. The van der Waals surface area contributed by atoms with Gasteiger partial charge < -0.3 is 10.2 Å². The number of halogens is 1. The number of phenolic OH excluding ortho intramolecular Hbond substituents is 1. The van der Waals surface area contributed by atoms with Crippen LogP contribution in [-0.2, 0) is 6.54 Å². The van der Waals surface area contributed by atoms with Gasteiger partial charge in [-0.15, -0.1) is 0 Å². The fourth-order valence-corrected chi connectivity index (χ4v) is 2.17. The minimum atomic E-state index is -0.209. The lowest BCUT2D eigenvalue weighted by molar-refractivity contribution is 0.101. The summed E-state index contributed by atoms with van der Waals surface area (Å²) in [5, 5.41) is 19.4. The third-order valence-corrected chi connectivity index (χ3v) is 3.22. The van der Waals surface area contributed by atoms with Crippen molar-refractivity contribution in [3.05, 3.63) is 28.3 Å². The van der Waals surface area contributed by atoms with Gasteiger partial charge in [0, 0.05) is 30.3 Å². The molecule has 0 radical (unpaired) electrons. The maximum atomic E-state index is 11.4. The number of aromatic hydroxyl groups is 1. The standard InChI is InChI=1S/C14H20ClNO3/c1-3-16(5-4-6-17)9-11-7-12(15)8-13(10(2)18)14(11)19/h7-8,17,19H,3-6,9H2,1-2H3. The van der Waals surface area contributed by atoms with Gasteiger partial charge in [-0.25, -0.2) is 0 Å². The molecule has 0 spiro atoms. The van der Waals surface area contributed by atoms with Crippen LogP contribution in [-0.4, -0.2) is 40.6 Å². The Balaban J connectivity index is 2.96. The molecule has 4 nitrogen and oxygen atoms in total. The molecule has 0 amide bonds. The number of aliphatic hydroxyl groups is 1. The second-order valence-electron chi connectivity index (χ2n) is 4.46. The summed E-state index contributed by atoms with van der Waals surface area (Å²) < 4.78 is 0. The molecule has 0 unspecified atom stereocenters. The molecule has 19 heavy (non-hydrogen) atoms. The summed E-state index contributed by atoms with van der Waals surface area (Å²) in [4.78, 5) is 13.5. The summed E-state index contributed by atoms with van der Waals surface area (Å²) in [7, 11) is 0. The molecule has 0 atom stereocenters. The monoisotopic (exact) mass is 285 g/mol. The highest BCUT2D eigenvalue weighted by Gasteiger charge is 2.15. The normalized spacial score (nSPS) is 11.0. The average molecular weight is 286 g/mol. The molecule has 0 saturated heterocycles. The lowest BCUT2D eigenvalue weighted by Crippen LogP contribution is -2.24. The van der Waals surface area contributed by atoms with E-state index in [1.165, 1.54) is 13.0 Å². The zero-order valence-electron chi connectivity index (χ0n) is 11.3. The Labute approximate surface area is 118 Å². The Bertz CT molecular complexity index is 449. The number of nitrogens with zero attached hydrogens (tertiary/aromatic N) is 1. The van der Waals surface area contributed by atoms with Gasteiger partial charge in [0.2, 0.25) is 0 Å². The topological polar surface area (TPSA) is 60.8 Å². The summed E-state index contributed by atoms with van der Waals surface area (Å²) in [5.41, 5.74) is 0.887. The molecule has 0 fully saturated rings. The molecule has 0 aliphatic heterocycles. The van der Waals surface area contributed by atoms with E-state index in [0.29, 0.717) is 23.6 Å². The molecule has 1 aromatic carbocycles. The molecule has 5 heteroatoms. The van der Waals surface area contributed by atoms with Gasteiger partial charge in [0.1, 0.15) is 5.75 Å². The van der Waals surface area contributed by atoms with Crippen molar-refractivity contribution in [1.29, 1.82) is 0 Å². The third-order valence-electron chi connectivity index (χ3n) is 3.01. The van der Waals surface area contributed by atoms with Crippen LogP contribution < -0.4 is 0 Å². The van der Waals surface area contributed by atoms with Gasteiger partial charge >= 0.3 is 0 Å². The zero-order chi connectivity index (χ0) is 14.4. The van der Waals surface area contributed by atoms with Crippen molar-refractivity contribution in [3.8, 4) is 5.75 Å². The molecule has 2 N–H and O–H groups in total. The van der Waals surface area contributed by atoms with Crippen LogP contribution in [0.2, 0.25) is 5.02 Å². The number of phenols is 1. The Morgan fingerprint density at radius 3 is 2.63 bits per heavy atom. The second kappa shape index (κ2) is 7.48. The van der Waals surface area contributed by atoms with Crippen LogP contribution in [0.3, 0.4) is 0 Å². The first-order valence-corrected chi connectivity index (χ1v) is 6.72. The molecule has 1 rings (SSSR count). The maximum absolute atomic E-state index is 11.4. The van der Waals surface area contributed by atoms with Gasteiger partial charge in [0.25, 0.3) is 0 Å². The summed E-state index contributed by atoms with van der Waals surface area (Å²) in [5.74, 6) is -0.209. The van der Waals surface area contributed by atoms with Crippen LogP contribution in [0.15, 0.2) is 12.1 Å². The number of carbonyl (C=O) groups is 1. The van der Waals surface area contributed by atoms with Crippen LogP contribution in [0.5, 0.6) is 5.75 Å². The van der Waals surface area contributed by atoms with Crippen molar-refractivity contribution in [2.75, 3.05) is 19.7 Å². The van der Waals surface area contributed by atoms with E-state index in [4.69, 9.17) is 16.7 Å². The first kappa shape index (κ1) is 16.0. The number of carbonyl (C=O) groups excluding carboxylic acids is 1. The fraction of sp³-hybridized carbons (Fsp3) is 0.500. The van der Waals surface area contributed by atoms with E-state index in [9.17, 15) is 9.90 Å². The highest BCUT2D eigenvalue weighted by Crippen LogP contribution is 2.28. The van der Waals surface area contributed by atoms with Crippen LogP contribution in [0.4, 0.5) is 0 Å². The number of hydrogen-bond donors (Lipinski definition) is 2. The van der Waals surface area contributed by atoms with E-state index >= 15 is 0 Å². The van der Waals surface area contributed by atoms with Gasteiger partial charge in [-0.2, -0.15) is 0 Å². The summed E-state index contributed by atoms with van der Waals surface area (Å²) in [6.07, 6.45) is 0.675. The number of aliphatic hydroxyl groups excluding tert-OH is 1. The number of hydrogen-bond acceptors (Lipinski definition) is 4. The van der Waals surface area contributed by atoms with E-state index in [-0.39, 0.29) is 23.7 Å². The number of Topliss-reactive ketones (excluding diaryl/α,β-unsaturated/α-hetero) is 1. The zero-order valence-corrected chi connectivity index (χ0v) is 12.1. The Morgan fingerprint density at radius 1 is 1.42 bits per heavy atom. The quantitative estimate of drug-likeness (QED) is 0.756. The van der Waals surface area contributed by atoms with Crippen molar-refractivity contribution in [1.82, 2.24) is 4.90 Å². The Hall–Kier alpha value is -1.10. The molecule has 1 aromatic rings. The first-order valence-electron chi connectivity index (χ1n) is 6.35. The number of rotatable bonds is 7. The van der Waals surface area contributed by atoms with Crippen LogP contribution >= 0.6 is 11.6 Å². The summed E-state index contributed by atoms with van der Waals surface area (Å²) >= 11 is 5.98. The van der Waals surface area contributed by atoms with E-state index in [1.54, 1.807) is 6.07 Å². The fourth-order valence-electron chi connectivity index (χ4n) is 1.93. The summed E-state index contributed by atoms with van der Waals surface area (Å²) in [6.45, 7) is 5.57. The van der Waals surface area contributed by atoms with Gasteiger partial charge in [-0.1, -0.05) is 18.5 Å². The highest BCUT2D eigenvalue weighted by molar-refractivity contribution is 6.31. The van der Waals surface area contributed by atoms with E-state index in [1.807, 2.05) is 6.92 Å². The Morgan fingerprint density at radius 2 is 2.11 bits per heavy atom. The molecule has 0 heterocycles. The SMILES string of the molecule is CCN(CCCO)Cc1cc(Cl)cc(C(C)=O)c1O. The van der Waals surface area contributed by atoms with Gasteiger partial charge in [-0.3, -0.25) is 9.69 Å². The molecule has 106 valence electrons. The summed E-state index contributed by atoms with van der Waals surface area (Å²) in [6, 6.07) is 3.15. The van der Waals surface area contributed by atoms with Crippen molar-refractivity contribution in [3.63, 3.8) is 0 Å². The largest absolute Gasteiger partial charge is 0.507 e. The third kappa shape index (κ3) is 4.49. The van der Waals surface area contributed by atoms with Crippen LogP contribution in [0.25, 0.3) is 0 Å². The predicted octanol–water partition coefficient (Wildman–Crippen LogP) is 2.45. The number of ketones is 1. The first-order chi connectivity index (χ1) is 8.99. The lowest BCUT2D eigenvalue weighted by Gasteiger charge is -2.21. The number of benzene rings is 1. The minimum Gasteiger partial charge on any atom is -0.507 e. The second-order valence-corrected chi connectivity index (χ2v) is 4.90. The van der Waals surface area contributed by atoms with Gasteiger partial charge in [0.15, 0.2) is 5.78 Å². The molecular weight excluding hydrogens is 266 g/mol. The van der Waals surface area contributed by atoms with Gasteiger partial charge in [-0.05, 0) is 32.0 Å². The molecule has 0 aliphatic carbocycles. The van der Waals surface area contributed by atoms with Gasteiger partial charge in [0.05, 0.1) is 5.56 Å². The van der Waals surface area contributed by atoms with Crippen molar-refractivity contribution >= 4 is 17.4 Å². The lowest BCUT2D eigenvalue weighted by atomic mass is 10.1. The van der Waals surface area contributed by atoms with Crippen molar-refractivity contribution < 1.29 is 15.0 Å². The molecule has 0 saturated carbocycles. The van der Waals surface area contributed by atoms with Crippen molar-refractivity contribution in [2.45, 2.75) is 26.8 Å². The van der Waals surface area contributed by atoms with E-state index in [2.05, 4.69) is 4.90 Å². The van der Waals surface area contributed by atoms with E-state index in [0.717, 1.165) is 13.1 Å². The maximum Gasteiger partial charge on any atom is 0.163 e.